The molecule has 23 heavy (non-hydrogen) atoms. The molecule has 0 saturated carbocycles. The summed E-state index contributed by atoms with van der Waals surface area (Å²) in [6, 6.07) is 16.1. The van der Waals surface area contributed by atoms with E-state index in [1.54, 1.807) is 0 Å². The van der Waals surface area contributed by atoms with Crippen molar-refractivity contribution in [2.24, 2.45) is 0 Å². The van der Waals surface area contributed by atoms with Crippen LogP contribution < -0.4 is 4.74 Å². The molecule has 4 rings (SSSR count). The highest BCUT2D eigenvalue weighted by molar-refractivity contribution is 5.90. The van der Waals surface area contributed by atoms with Gasteiger partial charge in [0.25, 0.3) is 0 Å². The summed E-state index contributed by atoms with van der Waals surface area (Å²) in [7, 11) is 0. The second kappa shape index (κ2) is 5.62. The molecule has 1 aliphatic rings. The molecule has 0 aliphatic carbocycles. The predicted molar refractivity (Wildman–Crippen MR) is 89.8 cm³/mol. The summed E-state index contributed by atoms with van der Waals surface area (Å²) in [5.41, 5.74) is 4.51. The quantitative estimate of drug-likeness (QED) is 0.729. The normalized spacial score (nSPS) is 14.1. The number of aromatic amines is 1. The van der Waals surface area contributed by atoms with Gasteiger partial charge < -0.3 is 9.72 Å². The molecule has 1 aliphatic heterocycles. The molecule has 4 heteroatoms. The molecule has 0 fully saturated rings. The molecule has 3 aromatic rings. The Morgan fingerprint density at radius 3 is 3.04 bits per heavy atom. The number of para-hydroxylation sites is 2. The average Bonchev–Trinajstić information content (AvgIpc) is 3.03. The van der Waals surface area contributed by atoms with Crippen LogP contribution in [0.4, 0.5) is 0 Å². The van der Waals surface area contributed by atoms with E-state index in [1.807, 2.05) is 42.5 Å². The molecule has 0 radical (unpaired) electrons. The molecule has 0 unspecified atom stereocenters. The Kier molecular flexibility index (Phi) is 3.32. The minimum atomic E-state index is 0.526. The lowest BCUT2D eigenvalue weighted by Crippen LogP contribution is -2.08. The van der Waals surface area contributed by atoms with Crippen LogP contribution in [-0.2, 0) is 6.42 Å². The molecule has 0 saturated heterocycles. The molecule has 2 aromatic carbocycles. The minimum absolute atomic E-state index is 0.526. The van der Waals surface area contributed by atoms with E-state index in [1.165, 1.54) is 5.56 Å². The molecule has 0 spiro atoms. The van der Waals surface area contributed by atoms with Gasteiger partial charge in [0, 0.05) is 0 Å². The van der Waals surface area contributed by atoms with E-state index < -0.39 is 0 Å². The van der Waals surface area contributed by atoms with E-state index in [-0.39, 0.29) is 0 Å². The lowest BCUT2D eigenvalue weighted by Gasteiger charge is -2.17. The van der Waals surface area contributed by atoms with Crippen LogP contribution in [0.3, 0.4) is 0 Å². The molecule has 4 nitrogen and oxygen atoms in total. The number of hydrogen-bond donors (Lipinski definition) is 1. The Bertz CT molecular complexity index is 914. The van der Waals surface area contributed by atoms with Gasteiger partial charge in [0.1, 0.15) is 17.6 Å². The second-order valence-electron chi connectivity index (χ2n) is 5.59. The number of fused-ring (bicyclic) bond motifs is 2. The molecule has 2 heterocycles. The molecule has 0 amide bonds. The SMILES string of the molecule is N#CC(=Cc1ccc2c(c1)CCCO2)c1nc2ccccc2[nH]1. The highest BCUT2D eigenvalue weighted by Crippen LogP contribution is 2.27. The number of ether oxygens (including phenoxy) is 1. The van der Waals surface area contributed by atoms with E-state index in [0.29, 0.717) is 11.4 Å². The summed E-state index contributed by atoms with van der Waals surface area (Å²) in [6.45, 7) is 0.782. The van der Waals surface area contributed by atoms with Crippen LogP contribution in [0.2, 0.25) is 0 Å². The van der Waals surface area contributed by atoms with Crippen molar-refractivity contribution in [3.05, 3.63) is 59.4 Å². The highest BCUT2D eigenvalue weighted by Gasteiger charge is 2.11. The number of nitrogens with zero attached hydrogens (tertiary/aromatic N) is 2. The lowest BCUT2D eigenvalue weighted by atomic mass is 10.0. The standard InChI is InChI=1S/C19H15N3O/c20-12-15(19-21-16-5-1-2-6-17(16)22-19)11-13-7-8-18-14(10-13)4-3-9-23-18/h1-2,5-8,10-11H,3-4,9H2,(H,21,22). The Morgan fingerprint density at radius 2 is 2.17 bits per heavy atom. The number of aromatic nitrogens is 2. The number of aryl methyl sites for hydroxylation is 1. The summed E-state index contributed by atoms with van der Waals surface area (Å²) in [5, 5.41) is 9.50. The van der Waals surface area contributed by atoms with Gasteiger partial charge in [-0.3, -0.25) is 0 Å². The number of rotatable bonds is 2. The Balaban J connectivity index is 1.74. The third kappa shape index (κ3) is 2.58. The zero-order valence-corrected chi connectivity index (χ0v) is 12.5. The van der Waals surface area contributed by atoms with Crippen molar-refractivity contribution in [1.29, 1.82) is 5.26 Å². The molecular formula is C19H15N3O. The monoisotopic (exact) mass is 301 g/mol. The molecule has 1 aromatic heterocycles. The first-order chi connectivity index (χ1) is 11.3. The first-order valence-electron chi connectivity index (χ1n) is 7.66. The Morgan fingerprint density at radius 1 is 1.26 bits per heavy atom. The summed E-state index contributed by atoms with van der Waals surface area (Å²) < 4.78 is 5.63. The summed E-state index contributed by atoms with van der Waals surface area (Å²) in [5.74, 6) is 1.55. The first-order valence-corrected chi connectivity index (χ1v) is 7.66. The maximum Gasteiger partial charge on any atom is 0.149 e. The van der Waals surface area contributed by atoms with Crippen molar-refractivity contribution < 1.29 is 4.74 Å². The van der Waals surface area contributed by atoms with Gasteiger partial charge in [-0.2, -0.15) is 5.26 Å². The van der Waals surface area contributed by atoms with E-state index >= 15 is 0 Å². The van der Waals surface area contributed by atoms with Gasteiger partial charge in [-0.05, 0) is 54.3 Å². The summed E-state index contributed by atoms with van der Waals surface area (Å²) >= 11 is 0. The maximum atomic E-state index is 9.50. The smallest absolute Gasteiger partial charge is 0.149 e. The molecule has 0 bridgehead atoms. The fourth-order valence-electron chi connectivity index (χ4n) is 2.87. The fourth-order valence-corrected chi connectivity index (χ4v) is 2.87. The van der Waals surface area contributed by atoms with Crippen molar-refractivity contribution in [1.82, 2.24) is 9.97 Å². The van der Waals surface area contributed by atoms with E-state index in [9.17, 15) is 5.26 Å². The van der Waals surface area contributed by atoms with Crippen LogP contribution >= 0.6 is 0 Å². The van der Waals surface area contributed by atoms with E-state index in [4.69, 9.17) is 4.74 Å². The third-order valence-corrected chi connectivity index (χ3v) is 4.01. The Labute approximate surface area is 134 Å². The zero-order chi connectivity index (χ0) is 15.6. The van der Waals surface area contributed by atoms with Gasteiger partial charge in [-0.25, -0.2) is 4.98 Å². The van der Waals surface area contributed by atoms with Gasteiger partial charge in [-0.15, -0.1) is 0 Å². The van der Waals surface area contributed by atoms with Crippen LogP contribution in [0.5, 0.6) is 5.75 Å². The van der Waals surface area contributed by atoms with Gasteiger partial charge in [0.05, 0.1) is 23.2 Å². The number of nitrogens with one attached hydrogen (secondary N) is 1. The molecular weight excluding hydrogens is 286 g/mol. The molecule has 0 atom stereocenters. The minimum Gasteiger partial charge on any atom is -0.493 e. The van der Waals surface area contributed by atoms with Crippen LogP contribution in [0.1, 0.15) is 23.4 Å². The van der Waals surface area contributed by atoms with E-state index in [2.05, 4.69) is 22.1 Å². The highest BCUT2D eigenvalue weighted by atomic mass is 16.5. The van der Waals surface area contributed by atoms with Gasteiger partial charge in [0.2, 0.25) is 0 Å². The fraction of sp³-hybridized carbons (Fsp3) is 0.158. The number of hydrogen-bond acceptors (Lipinski definition) is 3. The van der Waals surface area contributed by atoms with Crippen LogP contribution in [0.15, 0.2) is 42.5 Å². The van der Waals surface area contributed by atoms with Gasteiger partial charge in [-0.1, -0.05) is 18.2 Å². The summed E-state index contributed by atoms with van der Waals surface area (Å²) in [6.07, 6.45) is 3.92. The average molecular weight is 301 g/mol. The third-order valence-electron chi connectivity index (χ3n) is 4.01. The maximum absolute atomic E-state index is 9.50. The van der Waals surface area contributed by atoms with Crippen molar-refractivity contribution in [2.75, 3.05) is 6.61 Å². The predicted octanol–water partition coefficient (Wildman–Crippen LogP) is 3.95. The first kappa shape index (κ1) is 13.6. The van der Waals surface area contributed by atoms with Gasteiger partial charge in [0.15, 0.2) is 0 Å². The number of benzene rings is 2. The summed E-state index contributed by atoms with van der Waals surface area (Å²) in [4.78, 5) is 7.70. The second-order valence-corrected chi connectivity index (χ2v) is 5.59. The van der Waals surface area contributed by atoms with Crippen molar-refractivity contribution in [3.8, 4) is 11.8 Å². The largest absolute Gasteiger partial charge is 0.493 e. The number of H-pyrrole nitrogens is 1. The Hall–Kier alpha value is -3.06. The van der Waals surface area contributed by atoms with Crippen molar-refractivity contribution in [3.63, 3.8) is 0 Å². The zero-order valence-electron chi connectivity index (χ0n) is 12.5. The number of imidazole rings is 1. The van der Waals surface area contributed by atoms with Gasteiger partial charge >= 0.3 is 0 Å². The van der Waals surface area contributed by atoms with Crippen LogP contribution in [0, 0.1) is 11.3 Å². The van der Waals surface area contributed by atoms with Crippen LogP contribution in [-0.4, -0.2) is 16.6 Å². The number of nitriles is 1. The molecule has 112 valence electrons. The van der Waals surface area contributed by atoms with Crippen molar-refractivity contribution >= 4 is 22.7 Å². The van der Waals surface area contributed by atoms with Crippen LogP contribution in [0.25, 0.3) is 22.7 Å². The number of allylic oxidation sites excluding steroid dienone is 1. The van der Waals surface area contributed by atoms with Crippen molar-refractivity contribution in [2.45, 2.75) is 12.8 Å². The topological polar surface area (TPSA) is 61.7 Å². The molecule has 1 N–H and O–H groups in total. The van der Waals surface area contributed by atoms with E-state index in [0.717, 1.165) is 41.8 Å². The lowest BCUT2D eigenvalue weighted by molar-refractivity contribution is 0.288.